The van der Waals surface area contributed by atoms with Gasteiger partial charge in [0.1, 0.15) is 0 Å². The lowest BCUT2D eigenvalue weighted by Crippen LogP contribution is -2.25. The van der Waals surface area contributed by atoms with Crippen molar-refractivity contribution in [3.8, 4) is 5.69 Å². The summed E-state index contributed by atoms with van der Waals surface area (Å²) in [7, 11) is 1.28. The molecule has 0 saturated carbocycles. The van der Waals surface area contributed by atoms with Crippen molar-refractivity contribution in [2.75, 3.05) is 7.05 Å². The Labute approximate surface area is 138 Å². The molecular weight excluding hydrogens is 379 g/mol. The van der Waals surface area contributed by atoms with Gasteiger partial charge >= 0.3 is 12.3 Å². The van der Waals surface area contributed by atoms with E-state index in [1.807, 2.05) is 0 Å². The number of hydrogen-bond donors (Lipinski definition) is 1. The summed E-state index contributed by atoms with van der Waals surface area (Å²) in [5, 5.41) is 13.1. The zero-order valence-corrected chi connectivity index (χ0v) is 13.6. The number of rotatable bonds is 4. The molecule has 0 bridgehead atoms. The summed E-state index contributed by atoms with van der Waals surface area (Å²) >= 11 is 3.29. The third-order valence-corrected chi connectivity index (χ3v) is 3.78. The van der Waals surface area contributed by atoms with Crippen LogP contribution in [-0.4, -0.2) is 32.9 Å². The molecule has 2 aromatic rings. The molecule has 0 spiro atoms. The van der Waals surface area contributed by atoms with Crippen LogP contribution < -0.4 is 0 Å². The molecule has 23 heavy (non-hydrogen) atoms. The molecule has 0 unspecified atom stereocenters. The van der Waals surface area contributed by atoms with Gasteiger partial charge in [0.05, 0.1) is 17.9 Å². The van der Waals surface area contributed by atoms with E-state index in [-0.39, 0.29) is 12.2 Å². The van der Waals surface area contributed by atoms with Crippen molar-refractivity contribution in [2.45, 2.75) is 18.1 Å². The number of benzene rings is 1. The molecule has 2 rings (SSSR count). The molecular formula is C14H13BrF3N3O2. The van der Waals surface area contributed by atoms with E-state index >= 15 is 0 Å². The molecule has 5 nitrogen and oxygen atoms in total. The van der Waals surface area contributed by atoms with E-state index < -0.39 is 18.0 Å². The van der Waals surface area contributed by atoms with Crippen molar-refractivity contribution >= 4 is 22.0 Å². The molecule has 0 aliphatic heterocycles. The van der Waals surface area contributed by atoms with E-state index in [0.29, 0.717) is 11.0 Å². The van der Waals surface area contributed by atoms with E-state index in [2.05, 4.69) is 21.0 Å². The number of amides is 1. The largest absolute Gasteiger partial charge is 0.465 e. The SMILES string of the molecule is CN(Cc1cc(C(F)(F)F)nn1-c1ccc(CBr)cc1)C(=O)O. The Morgan fingerprint density at radius 2 is 1.96 bits per heavy atom. The molecule has 1 amide bonds. The molecule has 9 heteroatoms. The Morgan fingerprint density at radius 3 is 2.43 bits per heavy atom. The second-order valence-corrected chi connectivity index (χ2v) is 5.43. The van der Waals surface area contributed by atoms with Crippen LogP contribution in [0.15, 0.2) is 30.3 Å². The predicted octanol–water partition coefficient (Wildman–Crippen LogP) is 3.90. The minimum Gasteiger partial charge on any atom is -0.465 e. The fraction of sp³-hybridized carbons (Fsp3) is 0.286. The highest BCUT2D eigenvalue weighted by molar-refractivity contribution is 9.08. The average Bonchev–Trinajstić information content (AvgIpc) is 2.91. The topological polar surface area (TPSA) is 58.4 Å². The van der Waals surface area contributed by atoms with Crippen LogP contribution >= 0.6 is 15.9 Å². The standard InChI is InChI=1S/C14H13BrF3N3O2/c1-20(13(22)23)8-11-6-12(14(16,17)18)19-21(11)10-4-2-9(7-15)3-5-10/h2-6H,7-8H2,1H3,(H,22,23). The number of alkyl halides is 4. The van der Waals surface area contributed by atoms with Crippen LogP contribution in [-0.2, 0) is 18.1 Å². The van der Waals surface area contributed by atoms with Gasteiger partial charge < -0.3 is 10.0 Å². The summed E-state index contributed by atoms with van der Waals surface area (Å²) in [4.78, 5) is 11.8. The lowest BCUT2D eigenvalue weighted by atomic mass is 10.2. The Balaban J connectivity index is 2.46. The van der Waals surface area contributed by atoms with Crippen LogP contribution in [0.5, 0.6) is 0 Å². The molecule has 124 valence electrons. The summed E-state index contributed by atoms with van der Waals surface area (Å²) in [5.74, 6) is 0. The molecule has 0 saturated heterocycles. The number of hydrogen-bond acceptors (Lipinski definition) is 2. The molecule has 0 fully saturated rings. The summed E-state index contributed by atoms with van der Waals surface area (Å²) < 4.78 is 39.8. The van der Waals surface area contributed by atoms with Crippen LogP contribution in [0.2, 0.25) is 0 Å². The fourth-order valence-corrected chi connectivity index (χ4v) is 2.31. The maximum absolute atomic E-state index is 12.9. The third kappa shape index (κ3) is 4.04. The first-order valence-electron chi connectivity index (χ1n) is 6.48. The Bertz CT molecular complexity index is 698. The lowest BCUT2D eigenvalue weighted by Gasteiger charge is -2.14. The van der Waals surface area contributed by atoms with Gasteiger partial charge in [-0.05, 0) is 23.8 Å². The average molecular weight is 392 g/mol. The molecule has 0 atom stereocenters. The number of aromatic nitrogens is 2. The second kappa shape index (κ2) is 6.61. The van der Waals surface area contributed by atoms with Gasteiger partial charge in [-0.2, -0.15) is 18.3 Å². The molecule has 1 aromatic heterocycles. The highest BCUT2D eigenvalue weighted by Gasteiger charge is 2.35. The molecule has 1 aromatic carbocycles. The van der Waals surface area contributed by atoms with E-state index in [4.69, 9.17) is 5.11 Å². The minimum absolute atomic E-state index is 0.133. The number of carboxylic acid groups (broad SMARTS) is 1. The summed E-state index contributed by atoms with van der Waals surface area (Å²) in [6.07, 6.45) is -5.83. The van der Waals surface area contributed by atoms with Crippen molar-refractivity contribution in [3.05, 3.63) is 47.3 Å². The predicted molar refractivity (Wildman–Crippen MR) is 80.7 cm³/mol. The molecule has 1 heterocycles. The smallest absolute Gasteiger partial charge is 0.435 e. The van der Waals surface area contributed by atoms with Crippen molar-refractivity contribution in [2.24, 2.45) is 0 Å². The van der Waals surface area contributed by atoms with Crippen LogP contribution in [0.25, 0.3) is 5.69 Å². The second-order valence-electron chi connectivity index (χ2n) is 4.87. The summed E-state index contributed by atoms with van der Waals surface area (Å²) in [6, 6.07) is 7.63. The number of carbonyl (C=O) groups is 1. The van der Waals surface area contributed by atoms with Gasteiger partial charge in [-0.15, -0.1) is 0 Å². The van der Waals surface area contributed by atoms with Gasteiger partial charge in [0, 0.05) is 12.4 Å². The fourth-order valence-electron chi connectivity index (χ4n) is 1.93. The Hall–Kier alpha value is -2.03. The summed E-state index contributed by atoms with van der Waals surface area (Å²) in [5.41, 5.74) is 0.463. The maximum Gasteiger partial charge on any atom is 0.435 e. The quantitative estimate of drug-likeness (QED) is 0.804. The zero-order valence-electron chi connectivity index (χ0n) is 12.0. The Morgan fingerprint density at radius 1 is 1.35 bits per heavy atom. The maximum atomic E-state index is 12.9. The van der Waals surface area contributed by atoms with Gasteiger partial charge in [0.2, 0.25) is 0 Å². The van der Waals surface area contributed by atoms with Crippen LogP contribution in [0, 0.1) is 0 Å². The van der Waals surface area contributed by atoms with Crippen LogP contribution in [0.3, 0.4) is 0 Å². The number of halogens is 4. The molecule has 0 aliphatic carbocycles. The van der Waals surface area contributed by atoms with Gasteiger partial charge in [-0.3, -0.25) is 0 Å². The van der Waals surface area contributed by atoms with E-state index in [1.165, 1.54) is 7.05 Å². The highest BCUT2D eigenvalue weighted by atomic mass is 79.9. The lowest BCUT2D eigenvalue weighted by molar-refractivity contribution is -0.141. The zero-order chi connectivity index (χ0) is 17.2. The van der Waals surface area contributed by atoms with Gasteiger partial charge in [-0.25, -0.2) is 9.48 Å². The van der Waals surface area contributed by atoms with Crippen LogP contribution in [0.4, 0.5) is 18.0 Å². The molecule has 0 radical (unpaired) electrons. The summed E-state index contributed by atoms with van der Waals surface area (Å²) in [6.45, 7) is -0.210. The van der Waals surface area contributed by atoms with Gasteiger partial charge in [0.25, 0.3) is 0 Å². The first kappa shape index (κ1) is 17.3. The first-order chi connectivity index (χ1) is 10.7. The van der Waals surface area contributed by atoms with Crippen LogP contribution in [0.1, 0.15) is 17.0 Å². The third-order valence-electron chi connectivity index (χ3n) is 3.13. The monoisotopic (exact) mass is 391 g/mol. The first-order valence-corrected chi connectivity index (χ1v) is 7.60. The Kier molecular flexibility index (Phi) is 4.98. The van der Waals surface area contributed by atoms with Crippen molar-refractivity contribution < 1.29 is 23.1 Å². The van der Waals surface area contributed by atoms with Crippen molar-refractivity contribution in [1.82, 2.24) is 14.7 Å². The normalized spacial score (nSPS) is 11.5. The van der Waals surface area contributed by atoms with E-state index in [9.17, 15) is 18.0 Å². The van der Waals surface area contributed by atoms with Gasteiger partial charge in [0.15, 0.2) is 5.69 Å². The van der Waals surface area contributed by atoms with Gasteiger partial charge in [-0.1, -0.05) is 28.1 Å². The van der Waals surface area contributed by atoms with Crippen molar-refractivity contribution in [1.29, 1.82) is 0 Å². The molecule has 0 aliphatic rings. The van der Waals surface area contributed by atoms with Crippen molar-refractivity contribution in [3.63, 3.8) is 0 Å². The minimum atomic E-state index is -4.60. The highest BCUT2D eigenvalue weighted by Crippen LogP contribution is 2.30. The van der Waals surface area contributed by atoms with E-state index in [0.717, 1.165) is 21.2 Å². The number of nitrogens with zero attached hydrogens (tertiary/aromatic N) is 3. The molecule has 1 N–H and O–H groups in total. The van der Waals surface area contributed by atoms with E-state index in [1.54, 1.807) is 24.3 Å².